The summed E-state index contributed by atoms with van der Waals surface area (Å²) in [6.45, 7) is 1.61. The predicted molar refractivity (Wildman–Crippen MR) is 77.5 cm³/mol. The predicted octanol–water partition coefficient (Wildman–Crippen LogP) is 2.22. The van der Waals surface area contributed by atoms with Gasteiger partial charge in [0, 0.05) is 6.04 Å². The molecule has 0 aliphatic heterocycles. The van der Waals surface area contributed by atoms with E-state index in [0.717, 1.165) is 5.56 Å². The van der Waals surface area contributed by atoms with E-state index in [9.17, 15) is 8.42 Å². The van der Waals surface area contributed by atoms with E-state index in [2.05, 4.69) is 4.72 Å². The van der Waals surface area contributed by atoms with E-state index in [1.165, 1.54) is 12.1 Å². The van der Waals surface area contributed by atoms with Gasteiger partial charge in [0.2, 0.25) is 10.0 Å². The molecule has 0 heterocycles. The molecule has 0 bridgehead atoms. The Balaban J connectivity index is 2.23. The van der Waals surface area contributed by atoms with Crippen molar-refractivity contribution in [2.75, 3.05) is 0 Å². The lowest BCUT2D eigenvalue weighted by Crippen LogP contribution is -2.26. The summed E-state index contributed by atoms with van der Waals surface area (Å²) in [5.41, 5.74) is 1.47. The average molecular weight is 291 g/mol. The number of rotatable bonds is 5. The smallest absolute Gasteiger partial charge is 0.241 e. The average Bonchev–Trinajstić information content (AvgIpc) is 2.48. The van der Waals surface area contributed by atoms with Crippen molar-refractivity contribution in [1.29, 1.82) is 0 Å². The maximum Gasteiger partial charge on any atom is 0.241 e. The minimum atomic E-state index is -3.60. The second-order valence-corrected chi connectivity index (χ2v) is 6.27. The molecule has 0 aliphatic carbocycles. The minimum absolute atomic E-state index is 0.159. The molecule has 1 atom stereocenters. The maximum atomic E-state index is 12.3. The van der Waals surface area contributed by atoms with E-state index >= 15 is 0 Å². The van der Waals surface area contributed by atoms with Gasteiger partial charge in [0.15, 0.2) is 0 Å². The molecule has 0 amide bonds. The number of nitrogens with one attached hydrogen (secondary N) is 1. The second kappa shape index (κ2) is 6.17. The van der Waals surface area contributed by atoms with Crippen molar-refractivity contribution in [2.45, 2.75) is 24.5 Å². The van der Waals surface area contributed by atoms with Crippen molar-refractivity contribution in [3.05, 3.63) is 65.7 Å². The van der Waals surface area contributed by atoms with Crippen molar-refractivity contribution in [3.63, 3.8) is 0 Å². The highest BCUT2D eigenvalue weighted by Crippen LogP contribution is 2.17. The van der Waals surface area contributed by atoms with Gasteiger partial charge in [-0.3, -0.25) is 0 Å². The molecular weight excluding hydrogens is 274 g/mol. The molecule has 2 aromatic rings. The van der Waals surface area contributed by atoms with Gasteiger partial charge in [-0.15, -0.1) is 0 Å². The summed E-state index contributed by atoms with van der Waals surface area (Å²) in [7, 11) is -3.60. The Bertz CT molecular complexity index is 669. The van der Waals surface area contributed by atoms with Gasteiger partial charge in [-0.1, -0.05) is 42.5 Å². The fraction of sp³-hybridized carbons (Fsp3) is 0.200. The van der Waals surface area contributed by atoms with E-state index in [1.54, 1.807) is 19.1 Å². The number of aliphatic hydroxyl groups excluding tert-OH is 1. The van der Waals surface area contributed by atoms with Gasteiger partial charge in [-0.2, -0.15) is 0 Å². The topological polar surface area (TPSA) is 66.4 Å². The van der Waals surface area contributed by atoms with E-state index in [1.807, 2.05) is 30.3 Å². The van der Waals surface area contributed by atoms with Crippen LogP contribution in [-0.2, 0) is 16.6 Å². The first kappa shape index (κ1) is 14.7. The van der Waals surface area contributed by atoms with E-state index in [0.29, 0.717) is 5.56 Å². The largest absolute Gasteiger partial charge is 0.392 e. The first-order chi connectivity index (χ1) is 9.53. The van der Waals surface area contributed by atoms with Gasteiger partial charge in [-0.05, 0) is 30.2 Å². The molecule has 106 valence electrons. The van der Waals surface area contributed by atoms with Crippen molar-refractivity contribution >= 4 is 10.0 Å². The zero-order chi connectivity index (χ0) is 14.6. The van der Waals surface area contributed by atoms with Crippen LogP contribution in [0.3, 0.4) is 0 Å². The molecule has 20 heavy (non-hydrogen) atoms. The van der Waals surface area contributed by atoms with Gasteiger partial charge in [-0.25, -0.2) is 13.1 Å². The Kier molecular flexibility index (Phi) is 4.54. The summed E-state index contributed by atoms with van der Waals surface area (Å²) in [5.74, 6) is 0. The highest BCUT2D eigenvalue weighted by atomic mass is 32.2. The molecule has 0 fully saturated rings. The lowest BCUT2D eigenvalue weighted by molar-refractivity contribution is 0.281. The van der Waals surface area contributed by atoms with Crippen LogP contribution in [-0.4, -0.2) is 13.5 Å². The van der Waals surface area contributed by atoms with Crippen molar-refractivity contribution in [2.24, 2.45) is 0 Å². The van der Waals surface area contributed by atoms with E-state index in [4.69, 9.17) is 5.11 Å². The molecule has 2 rings (SSSR count). The van der Waals surface area contributed by atoms with Gasteiger partial charge < -0.3 is 5.11 Å². The third-order valence-electron chi connectivity index (χ3n) is 3.02. The second-order valence-electron chi connectivity index (χ2n) is 4.56. The van der Waals surface area contributed by atoms with E-state index in [-0.39, 0.29) is 17.5 Å². The summed E-state index contributed by atoms with van der Waals surface area (Å²) in [5, 5.41) is 9.07. The SMILES string of the molecule is CC(NS(=O)(=O)c1cccc(CO)c1)c1ccccc1. The van der Waals surface area contributed by atoms with Crippen LogP contribution in [0.2, 0.25) is 0 Å². The molecule has 0 saturated heterocycles. The summed E-state index contributed by atoms with van der Waals surface area (Å²) < 4.78 is 27.2. The molecule has 0 aliphatic rings. The third kappa shape index (κ3) is 3.45. The quantitative estimate of drug-likeness (QED) is 0.887. The van der Waals surface area contributed by atoms with Gasteiger partial charge in [0.25, 0.3) is 0 Å². The normalized spacial score (nSPS) is 13.1. The first-order valence-corrected chi connectivity index (χ1v) is 7.78. The summed E-state index contributed by atoms with van der Waals surface area (Å²) in [4.78, 5) is 0.159. The molecule has 0 aromatic heterocycles. The molecule has 4 nitrogen and oxygen atoms in total. The van der Waals surface area contributed by atoms with E-state index < -0.39 is 10.0 Å². The van der Waals surface area contributed by atoms with Crippen LogP contribution in [0, 0.1) is 0 Å². The van der Waals surface area contributed by atoms with Gasteiger partial charge in [0.05, 0.1) is 11.5 Å². The number of sulfonamides is 1. The van der Waals surface area contributed by atoms with Crippen LogP contribution in [0.15, 0.2) is 59.5 Å². The van der Waals surface area contributed by atoms with Crippen LogP contribution < -0.4 is 4.72 Å². The summed E-state index contributed by atoms with van der Waals surface area (Å²) in [6, 6.07) is 15.3. The van der Waals surface area contributed by atoms with Crippen LogP contribution in [0.4, 0.5) is 0 Å². The molecule has 2 aromatic carbocycles. The Hall–Kier alpha value is -1.69. The number of aliphatic hydroxyl groups is 1. The molecule has 2 N–H and O–H groups in total. The molecule has 0 radical (unpaired) electrons. The Morgan fingerprint density at radius 2 is 1.80 bits per heavy atom. The fourth-order valence-electron chi connectivity index (χ4n) is 1.92. The standard InChI is InChI=1S/C15H17NO3S/c1-12(14-7-3-2-4-8-14)16-20(18,19)15-9-5-6-13(10-15)11-17/h2-10,12,16-17H,11H2,1H3. The highest BCUT2D eigenvalue weighted by molar-refractivity contribution is 7.89. The van der Waals surface area contributed by atoms with Crippen LogP contribution in [0.5, 0.6) is 0 Å². The third-order valence-corrected chi connectivity index (χ3v) is 4.56. The van der Waals surface area contributed by atoms with Crippen molar-refractivity contribution in [3.8, 4) is 0 Å². The number of hydrogen-bond donors (Lipinski definition) is 2. The number of hydrogen-bond acceptors (Lipinski definition) is 3. The summed E-state index contributed by atoms with van der Waals surface area (Å²) >= 11 is 0. The molecular formula is C15H17NO3S. The van der Waals surface area contributed by atoms with Crippen LogP contribution >= 0.6 is 0 Å². The number of benzene rings is 2. The zero-order valence-electron chi connectivity index (χ0n) is 11.2. The lowest BCUT2D eigenvalue weighted by Gasteiger charge is -2.15. The first-order valence-electron chi connectivity index (χ1n) is 6.30. The van der Waals surface area contributed by atoms with Crippen LogP contribution in [0.1, 0.15) is 24.1 Å². The van der Waals surface area contributed by atoms with Crippen molar-refractivity contribution in [1.82, 2.24) is 4.72 Å². The monoisotopic (exact) mass is 291 g/mol. The van der Waals surface area contributed by atoms with Gasteiger partial charge in [0.1, 0.15) is 0 Å². The Morgan fingerprint density at radius 3 is 2.45 bits per heavy atom. The Morgan fingerprint density at radius 1 is 1.10 bits per heavy atom. The minimum Gasteiger partial charge on any atom is -0.392 e. The molecule has 0 spiro atoms. The maximum absolute atomic E-state index is 12.3. The summed E-state index contributed by atoms with van der Waals surface area (Å²) in [6.07, 6.45) is 0. The lowest BCUT2D eigenvalue weighted by atomic mass is 10.1. The Labute approximate surface area is 119 Å². The zero-order valence-corrected chi connectivity index (χ0v) is 12.0. The van der Waals surface area contributed by atoms with Gasteiger partial charge >= 0.3 is 0 Å². The highest BCUT2D eigenvalue weighted by Gasteiger charge is 2.18. The fourth-order valence-corrected chi connectivity index (χ4v) is 3.22. The molecule has 0 saturated carbocycles. The molecule has 1 unspecified atom stereocenters. The van der Waals surface area contributed by atoms with Crippen molar-refractivity contribution < 1.29 is 13.5 Å². The molecule has 5 heteroatoms. The van der Waals surface area contributed by atoms with Crippen LogP contribution in [0.25, 0.3) is 0 Å².